The number of carboxylic acids is 1. The van der Waals surface area contributed by atoms with E-state index in [-0.39, 0.29) is 5.56 Å². The first-order chi connectivity index (χ1) is 8.21. The smallest absolute Gasteiger partial charge is 0.407 e. The summed E-state index contributed by atoms with van der Waals surface area (Å²) in [4.78, 5) is 10.3. The summed E-state index contributed by atoms with van der Waals surface area (Å²) in [5.74, 6) is -2.21. The fourth-order valence-electron chi connectivity index (χ4n) is 1.30. The predicted molar refractivity (Wildman–Crippen MR) is 56.1 cm³/mol. The minimum Gasteiger partial charge on any atom is -0.478 e. The van der Waals surface area contributed by atoms with E-state index in [0.717, 1.165) is 18.2 Å². The molecule has 0 aliphatic carbocycles. The summed E-state index contributed by atoms with van der Waals surface area (Å²) >= 11 is 0. The third-order valence-electron chi connectivity index (χ3n) is 2.14. The molecule has 3 N–H and O–H groups in total. The van der Waals surface area contributed by atoms with Crippen molar-refractivity contribution in [2.45, 2.75) is 12.2 Å². The van der Waals surface area contributed by atoms with Crippen molar-refractivity contribution in [3.05, 3.63) is 41.2 Å². The Balaban J connectivity index is 3.24. The topological polar surface area (TPSA) is 63.3 Å². The van der Waals surface area contributed by atoms with Crippen molar-refractivity contribution in [3.63, 3.8) is 0 Å². The largest absolute Gasteiger partial charge is 0.478 e. The highest BCUT2D eigenvalue weighted by Crippen LogP contribution is 2.33. The molecule has 0 radical (unpaired) electrons. The summed E-state index contributed by atoms with van der Waals surface area (Å²) in [7, 11) is 0. The molecule has 0 saturated carbocycles. The van der Waals surface area contributed by atoms with E-state index in [1.165, 1.54) is 0 Å². The minimum absolute atomic E-state index is 0.0939. The van der Waals surface area contributed by atoms with E-state index in [2.05, 4.69) is 0 Å². The second kappa shape index (κ2) is 5.18. The number of hydrogen-bond acceptors (Lipinski definition) is 2. The molecule has 0 unspecified atom stereocenters. The standard InChI is InChI=1S/C11H9F4NO2/c12-7-3-1-6(2-4-9(17)18)8(5-7)10(16)11(13,14)15/h1-5,10H,16H2,(H,17,18)/b4-2+/t10-/m0/s1. The zero-order chi connectivity index (χ0) is 13.9. The third-order valence-corrected chi connectivity index (χ3v) is 2.14. The van der Waals surface area contributed by atoms with E-state index in [0.29, 0.717) is 12.1 Å². The molecule has 18 heavy (non-hydrogen) atoms. The van der Waals surface area contributed by atoms with Gasteiger partial charge in [-0.15, -0.1) is 0 Å². The number of halogens is 4. The maximum Gasteiger partial charge on any atom is 0.407 e. The Morgan fingerprint density at radius 3 is 2.50 bits per heavy atom. The molecule has 1 atom stereocenters. The van der Waals surface area contributed by atoms with Crippen LogP contribution in [0.5, 0.6) is 0 Å². The molecule has 0 saturated heterocycles. The maximum atomic E-state index is 12.9. The summed E-state index contributed by atoms with van der Waals surface area (Å²) in [6.45, 7) is 0. The first-order valence-electron chi connectivity index (χ1n) is 4.74. The minimum atomic E-state index is -4.74. The predicted octanol–water partition coefficient (Wildman–Crippen LogP) is 2.49. The third kappa shape index (κ3) is 3.56. The molecule has 0 fully saturated rings. The lowest BCUT2D eigenvalue weighted by Gasteiger charge is -2.18. The number of nitrogens with two attached hydrogens (primary N) is 1. The lowest BCUT2D eigenvalue weighted by atomic mass is 10.00. The number of aliphatic carboxylic acids is 1. The molecule has 0 aromatic heterocycles. The lowest BCUT2D eigenvalue weighted by molar-refractivity contribution is -0.149. The molecule has 7 heteroatoms. The van der Waals surface area contributed by atoms with Crippen LogP contribution in [0.15, 0.2) is 24.3 Å². The number of rotatable bonds is 3. The van der Waals surface area contributed by atoms with Gasteiger partial charge in [0.1, 0.15) is 11.9 Å². The van der Waals surface area contributed by atoms with Crippen molar-refractivity contribution >= 4 is 12.0 Å². The average molecular weight is 263 g/mol. The molecule has 1 rings (SSSR count). The number of carboxylic acid groups (broad SMARTS) is 1. The monoisotopic (exact) mass is 263 g/mol. The van der Waals surface area contributed by atoms with E-state index >= 15 is 0 Å². The van der Waals surface area contributed by atoms with Gasteiger partial charge < -0.3 is 10.8 Å². The molecular weight excluding hydrogens is 254 g/mol. The zero-order valence-electron chi connectivity index (χ0n) is 8.91. The normalized spacial score (nSPS) is 13.8. The highest BCUT2D eigenvalue weighted by Gasteiger charge is 2.38. The highest BCUT2D eigenvalue weighted by molar-refractivity contribution is 5.85. The molecule has 1 aromatic rings. The second-order valence-corrected chi connectivity index (χ2v) is 3.46. The molecular formula is C11H9F4NO2. The van der Waals surface area contributed by atoms with Crippen molar-refractivity contribution in [2.24, 2.45) is 5.73 Å². The first-order valence-corrected chi connectivity index (χ1v) is 4.74. The van der Waals surface area contributed by atoms with Crippen molar-refractivity contribution in [1.82, 2.24) is 0 Å². The van der Waals surface area contributed by atoms with Crippen molar-refractivity contribution < 1.29 is 27.5 Å². The molecule has 98 valence electrons. The van der Waals surface area contributed by atoms with E-state index in [9.17, 15) is 22.4 Å². The van der Waals surface area contributed by atoms with E-state index in [4.69, 9.17) is 10.8 Å². The van der Waals surface area contributed by atoms with Crippen molar-refractivity contribution in [3.8, 4) is 0 Å². The molecule has 0 bridgehead atoms. The average Bonchev–Trinajstić information content (AvgIpc) is 2.24. The van der Waals surface area contributed by atoms with Gasteiger partial charge in [-0.25, -0.2) is 9.18 Å². The van der Waals surface area contributed by atoms with Crippen LogP contribution in [-0.4, -0.2) is 17.3 Å². The summed E-state index contributed by atoms with van der Waals surface area (Å²) < 4.78 is 50.3. The Morgan fingerprint density at radius 1 is 1.39 bits per heavy atom. The van der Waals surface area contributed by atoms with Crippen molar-refractivity contribution in [2.75, 3.05) is 0 Å². The number of hydrogen-bond donors (Lipinski definition) is 2. The molecule has 3 nitrogen and oxygen atoms in total. The van der Waals surface area contributed by atoms with Gasteiger partial charge in [-0.2, -0.15) is 13.2 Å². The SMILES string of the molecule is N[C@@H](c1cc(F)ccc1/C=C/C(=O)O)C(F)(F)F. The number of alkyl halides is 3. The Hall–Kier alpha value is -1.89. The Bertz CT molecular complexity index is 482. The Kier molecular flexibility index (Phi) is 4.07. The Morgan fingerprint density at radius 2 is 2.00 bits per heavy atom. The van der Waals surface area contributed by atoms with Gasteiger partial charge in [0.2, 0.25) is 0 Å². The molecule has 0 spiro atoms. The van der Waals surface area contributed by atoms with Crippen molar-refractivity contribution in [1.29, 1.82) is 0 Å². The highest BCUT2D eigenvalue weighted by atomic mass is 19.4. The lowest BCUT2D eigenvalue weighted by Crippen LogP contribution is -2.29. The van der Waals surface area contributed by atoms with Crippen LogP contribution in [0.3, 0.4) is 0 Å². The van der Waals surface area contributed by atoms with Gasteiger partial charge in [-0.05, 0) is 29.3 Å². The first kappa shape index (κ1) is 14.2. The van der Waals surface area contributed by atoms with E-state index < -0.39 is 29.6 Å². The fraction of sp³-hybridized carbons (Fsp3) is 0.182. The van der Waals surface area contributed by atoms with Crippen LogP contribution in [0.1, 0.15) is 17.2 Å². The van der Waals surface area contributed by atoms with Gasteiger partial charge in [0.05, 0.1) is 0 Å². The van der Waals surface area contributed by atoms with Gasteiger partial charge in [0, 0.05) is 6.08 Å². The van der Waals surface area contributed by atoms with Gasteiger partial charge in [-0.1, -0.05) is 6.07 Å². The maximum absolute atomic E-state index is 12.9. The number of carbonyl (C=O) groups is 1. The Labute approximate surface area is 99.5 Å². The fourth-order valence-corrected chi connectivity index (χ4v) is 1.30. The van der Waals surface area contributed by atoms with Gasteiger partial charge in [-0.3, -0.25) is 0 Å². The van der Waals surface area contributed by atoms with Gasteiger partial charge >= 0.3 is 12.1 Å². The molecule has 1 aromatic carbocycles. The van der Waals surface area contributed by atoms with Crippen LogP contribution in [0, 0.1) is 5.82 Å². The molecule has 0 aliphatic heterocycles. The molecule has 0 amide bonds. The summed E-state index contributed by atoms with van der Waals surface area (Å²) in [6, 6.07) is 0.227. The summed E-state index contributed by atoms with van der Waals surface area (Å²) in [6.07, 6.45) is -3.15. The van der Waals surface area contributed by atoms with Crippen LogP contribution >= 0.6 is 0 Å². The number of benzene rings is 1. The summed E-state index contributed by atoms with van der Waals surface area (Å²) in [5, 5.41) is 8.40. The zero-order valence-corrected chi connectivity index (χ0v) is 8.91. The van der Waals surface area contributed by atoms with Crippen LogP contribution in [-0.2, 0) is 4.79 Å². The summed E-state index contributed by atoms with van der Waals surface area (Å²) in [5.41, 5.74) is 4.37. The van der Waals surface area contributed by atoms with Crippen LogP contribution in [0.25, 0.3) is 6.08 Å². The second-order valence-electron chi connectivity index (χ2n) is 3.46. The quantitative estimate of drug-likeness (QED) is 0.650. The van der Waals surface area contributed by atoms with E-state index in [1.54, 1.807) is 0 Å². The molecule has 0 heterocycles. The van der Waals surface area contributed by atoms with E-state index in [1.807, 2.05) is 0 Å². The van der Waals surface area contributed by atoms with Gasteiger partial charge in [0.15, 0.2) is 0 Å². The molecule has 0 aliphatic rings. The van der Waals surface area contributed by atoms with Gasteiger partial charge in [0.25, 0.3) is 0 Å². The van der Waals surface area contributed by atoms with Crippen LogP contribution in [0.4, 0.5) is 17.6 Å². The van der Waals surface area contributed by atoms with Crippen LogP contribution in [0.2, 0.25) is 0 Å². The van der Waals surface area contributed by atoms with Crippen LogP contribution < -0.4 is 5.73 Å².